The van der Waals surface area contributed by atoms with Crippen molar-refractivity contribution in [2.45, 2.75) is 12.8 Å². The fraction of sp³-hybridized carbons (Fsp3) is 0.235. The van der Waals surface area contributed by atoms with Crippen molar-refractivity contribution in [2.75, 3.05) is 18.8 Å². The number of carbonyl (C=O) groups excluding carboxylic acids is 1. The molecular weight excluding hydrogens is 248 g/mol. The molecule has 0 radical (unpaired) electrons. The van der Waals surface area contributed by atoms with E-state index in [1.807, 2.05) is 35.2 Å². The van der Waals surface area contributed by atoms with Crippen LogP contribution in [-0.4, -0.2) is 23.9 Å². The van der Waals surface area contributed by atoms with Crippen molar-refractivity contribution >= 4 is 11.6 Å². The number of benzene rings is 2. The van der Waals surface area contributed by atoms with Crippen molar-refractivity contribution < 1.29 is 4.79 Å². The number of amides is 1. The molecule has 3 heteroatoms. The van der Waals surface area contributed by atoms with Crippen LogP contribution >= 0.6 is 0 Å². The lowest BCUT2D eigenvalue weighted by molar-refractivity contribution is 0.0743. The van der Waals surface area contributed by atoms with Crippen LogP contribution in [0.25, 0.3) is 0 Å². The quantitative estimate of drug-likeness (QED) is 0.868. The predicted molar refractivity (Wildman–Crippen MR) is 80.6 cm³/mol. The van der Waals surface area contributed by atoms with Gasteiger partial charge in [0.1, 0.15) is 0 Å². The molecule has 102 valence electrons. The molecule has 20 heavy (non-hydrogen) atoms. The zero-order chi connectivity index (χ0) is 13.9. The number of fused-ring (bicyclic) bond motifs is 1. The molecule has 3 rings (SSSR count). The van der Waals surface area contributed by atoms with Crippen LogP contribution in [0.2, 0.25) is 0 Å². The Hall–Kier alpha value is -2.29. The highest BCUT2D eigenvalue weighted by molar-refractivity contribution is 6.01. The molecule has 1 aliphatic rings. The first-order valence-electron chi connectivity index (χ1n) is 6.96. The van der Waals surface area contributed by atoms with E-state index in [4.69, 9.17) is 5.73 Å². The van der Waals surface area contributed by atoms with Crippen LogP contribution in [0.5, 0.6) is 0 Å². The van der Waals surface area contributed by atoms with E-state index >= 15 is 0 Å². The number of hydrogen-bond donors (Lipinski definition) is 1. The first kappa shape index (κ1) is 12.7. The first-order valence-corrected chi connectivity index (χ1v) is 6.96. The number of carbonyl (C=O) groups is 1. The summed E-state index contributed by atoms with van der Waals surface area (Å²) in [4.78, 5) is 14.4. The van der Waals surface area contributed by atoms with Gasteiger partial charge in [-0.15, -0.1) is 0 Å². The van der Waals surface area contributed by atoms with Crippen molar-refractivity contribution in [3.8, 4) is 0 Å². The van der Waals surface area contributed by atoms with Gasteiger partial charge < -0.3 is 10.6 Å². The van der Waals surface area contributed by atoms with E-state index in [0.29, 0.717) is 11.3 Å². The summed E-state index contributed by atoms with van der Waals surface area (Å²) < 4.78 is 0. The van der Waals surface area contributed by atoms with E-state index in [2.05, 4.69) is 12.1 Å². The van der Waals surface area contributed by atoms with E-state index in [0.717, 1.165) is 31.5 Å². The molecule has 0 aliphatic carbocycles. The molecule has 0 saturated carbocycles. The van der Waals surface area contributed by atoms with Gasteiger partial charge >= 0.3 is 0 Å². The second kappa shape index (κ2) is 5.37. The molecule has 2 aromatic rings. The Labute approximate surface area is 119 Å². The Balaban J connectivity index is 1.74. The van der Waals surface area contributed by atoms with E-state index < -0.39 is 0 Å². The number of rotatable bonds is 3. The maximum atomic E-state index is 12.5. The zero-order valence-electron chi connectivity index (χ0n) is 11.4. The average molecular weight is 266 g/mol. The van der Waals surface area contributed by atoms with Gasteiger partial charge in [0.15, 0.2) is 0 Å². The monoisotopic (exact) mass is 266 g/mol. The summed E-state index contributed by atoms with van der Waals surface area (Å²) in [5.41, 5.74) is 9.58. The van der Waals surface area contributed by atoms with E-state index in [9.17, 15) is 4.79 Å². The van der Waals surface area contributed by atoms with Crippen LogP contribution < -0.4 is 5.73 Å². The Kier molecular flexibility index (Phi) is 3.42. The van der Waals surface area contributed by atoms with Crippen molar-refractivity contribution in [1.82, 2.24) is 4.90 Å². The van der Waals surface area contributed by atoms with Gasteiger partial charge in [0, 0.05) is 18.8 Å². The summed E-state index contributed by atoms with van der Waals surface area (Å²) in [7, 11) is 0. The third-order valence-corrected chi connectivity index (χ3v) is 3.85. The van der Waals surface area contributed by atoms with Crippen molar-refractivity contribution in [3.05, 3.63) is 65.2 Å². The average Bonchev–Trinajstić information content (AvgIpc) is 2.48. The number of nitrogen functional groups attached to an aromatic ring is 1. The predicted octanol–water partition coefficient (Wildman–Crippen LogP) is 2.51. The van der Waals surface area contributed by atoms with Gasteiger partial charge in [0.05, 0.1) is 5.56 Å². The molecule has 1 amide bonds. The van der Waals surface area contributed by atoms with Crippen molar-refractivity contribution in [2.24, 2.45) is 0 Å². The molecule has 0 atom stereocenters. The normalized spacial score (nSPS) is 14.2. The number of hydrogen-bond acceptors (Lipinski definition) is 2. The Bertz CT molecular complexity index is 622. The molecule has 0 saturated heterocycles. The van der Waals surface area contributed by atoms with Gasteiger partial charge in [0.25, 0.3) is 5.91 Å². The molecular formula is C17H18N2O. The van der Waals surface area contributed by atoms with Crippen molar-refractivity contribution in [1.29, 1.82) is 0 Å². The number of nitrogens with two attached hydrogens (primary N) is 1. The molecule has 0 aromatic heterocycles. The third-order valence-electron chi connectivity index (χ3n) is 3.85. The maximum absolute atomic E-state index is 12.5. The molecule has 1 heterocycles. The van der Waals surface area contributed by atoms with Crippen LogP contribution in [-0.2, 0) is 12.8 Å². The smallest absolute Gasteiger partial charge is 0.256 e. The molecule has 3 nitrogen and oxygen atoms in total. The van der Waals surface area contributed by atoms with Gasteiger partial charge in [-0.05, 0) is 30.0 Å². The van der Waals surface area contributed by atoms with Crippen LogP contribution in [0, 0.1) is 0 Å². The minimum Gasteiger partial charge on any atom is -0.398 e. The van der Waals surface area contributed by atoms with Crippen molar-refractivity contribution in [3.63, 3.8) is 0 Å². The fourth-order valence-electron chi connectivity index (χ4n) is 2.73. The van der Waals surface area contributed by atoms with E-state index in [1.54, 1.807) is 6.07 Å². The summed E-state index contributed by atoms with van der Waals surface area (Å²) in [6.45, 7) is 1.53. The van der Waals surface area contributed by atoms with Gasteiger partial charge in [0.2, 0.25) is 0 Å². The van der Waals surface area contributed by atoms with Gasteiger partial charge in [-0.1, -0.05) is 42.5 Å². The van der Waals surface area contributed by atoms with E-state index in [1.165, 1.54) is 5.56 Å². The maximum Gasteiger partial charge on any atom is 0.256 e. The van der Waals surface area contributed by atoms with E-state index in [-0.39, 0.29) is 5.91 Å². The molecule has 2 aromatic carbocycles. The summed E-state index contributed by atoms with van der Waals surface area (Å²) in [6.07, 6.45) is 1.77. The van der Waals surface area contributed by atoms with Crippen LogP contribution in [0.15, 0.2) is 48.5 Å². The van der Waals surface area contributed by atoms with Gasteiger partial charge in [-0.25, -0.2) is 0 Å². The fourth-order valence-corrected chi connectivity index (χ4v) is 2.73. The molecule has 2 N–H and O–H groups in total. The summed E-state index contributed by atoms with van der Waals surface area (Å²) >= 11 is 0. The Morgan fingerprint density at radius 3 is 2.65 bits per heavy atom. The van der Waals surface area contributed by atoms with Crippen LogP contribution in [0.4, 0.5) is 5.69 Å². The number of nitrogens with zero attached hydrogens (tertiary/aromatic N) is 1. The lowest BCUT2D eigenvalue weighted by atomic mass is 9.97. The SMILES string of the molecule is Nc1cccc2c1C(=O)N(CCc1ccccc1)CC2. The molecule has 0 fully saturated rings. The largest absolute Gasteiger partial charge is 0.398 e. The summed E-state index contributed by atoms with van der Waals surface area (Å²) in [5.74, 6) is 0.0697. The summed E-state index contributed by atoms with van der Waals surface area (Å²) in [5, 5.41) is 0. The minimum absolute atomic E-state index is 0.0697. The highest BCUT2D eigenvalue weighted by Crippen LogP contribution is 2.24. The topological polar surface area (TPSA) is 46.3 Å². The minimum atomic E-state index is 0.0697. The second-order valence-electron chi connectivity index (χ2n) is 5.16. The third kappa shape index (κ3) is 2.39. The lowest BCUT2D eigenvalue weighted by Gasteiger charge is -2.29. The zero-order valence-corrected chi connectivity index (χ0v) is 11.4. The lowest BCUT2D eigenvalue weighted by Crippen LogP contribution is -2.39. The Morgan fingerprint density at radius 2 is 1.85 bits per heavy atom. The molecule has 0 spiro atoms. The van der Waals surface area contributed by atoms with Crippen LogP contribution in [0.3, 0.4) is 0 Å². The highest BCUT2D eigenvalue weighted by Gasteiger charge is 2.25. The van der Waals surface area contributed by atoms with Gasteiger partial charge in [-0.3, -0.25) is 4.79 Å². The first-order chi connectivity index (χ1) is 9.75. The molecule has 1 aliphatic heterocycles. The highest BCUT2D eigenvalue weighted by atomic mass is 16.2. The number of anilines is 1. The van der Waals surface area contributed by atoms with Gasteiger partial charge in [-0.2, -0.15) is 0 Å². The molecule has 0 unspecified atom stereocenters. The molecule has 0 bridgehead atoms. The standard InChI is InChI=1S/C17H18N2O/c18-15-8-4-7-14-10-12-19(17(20)16(14)15)11-9-13-5-2-1-3-6-13/h1-8H,9-12,18H2. The summed E-state index contributed by atoms with van der Waals surface area (Å²) in [6, 6.07) is 16.0. The second-order valence-corrected chi connectivity index (χ2v) is 5.16. The Morgan fingerprint density at radius 1 is 1.05 bits per heavy atom. The van der Waals surface area contributed by atoms with Crippen LogP contribution in [0.1, 0.15) is 21.5 Å².